The van der Waals surface area contributed by atoms with Crippen molar-refractivity contribution < 1.29 is 27.4 Å². The summed E-state index contributed by atoms with van der Waals surface area (Å²) in [6.07, 6.45) is -1.62. The summed E-state index contributed by atoms with van der Waals surface area (Å²) < 4.78 is 50.0. The first-order valence-electron chi connectivity index (χ1n) is 9.89. The Morgan fingerprint density at radius 1 is 1.31 bits per heavy atom. The largest absolute Gasteiger partial charge is 0.461 e. The Balaban J connectivity index is 1.34. The summed E-state index contributed by atoms with van der Waals surface area (Å²) in [5.74, 6) is 0.179. The van der Waals surface area contributed by atoms with Gasteiger partial charge < -0.3 is 14.4 Å². The van der Waals surface area contributed by atoms with Crippen LogP contribution in [0.2, 0.25) is 5.02 Å². The van der Waals surface area contributed by atoms with Crippen molar-refractivity contribution in [2.24, 2.45) is 17.3 Å². The molecule has 3 fully saturated rings. The third kappa shape index (κ3) is 3.69. The zero-order valence-corrected chi connectivity index (χ0v) is 17.1. The molecule has 0 aromatic carbocycles. The highest BCUT2D eigenvalue weighted by atomic mass is 35.5. The monoisotopic (exact) mass is 432 g/mol. The summed E-state index contributed by atoms with van der Waals surface area (Å²) in [5.41, 5.74) is -1.04. The third-order valence-electron chi connectivity index (χ3n) is 6.51. The standard InChI is InChI=1S/C20H24ClF3N2O3/c1-19(2)15-13(5-8-28-15)16(19)29-18(27)11-3-6-26(7-4-11)17-14(21)9-12(10-25-17)20(22,23)24/h9-11,13,15-16H,3-8H2,1-2H3. The lowest BCUT2D eigenvalue weighted by Gasteiger charge is -2.53. The first-order chi connectivity index (χ1) is 13.6. The number of hydrogen-bond donors (Lipinski definition) is 0. The van der Waals surface area contributed by atoms with E-state index in [1.807, 2.05) is 4.90 Å². The molecule has 5 nitrogen and oxygen atoms in total. The Bertz CT molecular complexity index is 794. The van der Waals surface area contributed by atoms with Crippen LogP contribution in [0.25, 0.3) is 0 Å². The van der Waals surface area contributed by atoms with E-state index in [2.05, 4.69) is 18.8 Å². The Hall–Kier alpha value is -1.54. The molecule has 160 valence electrons. The van der Waals surface area contributed by atoms with Gasteiger partial charge in [-0.2, -0.15) is 13.2 Å². The number of rotatable bonds is 3. The molecule has 29 heavy (non-hydrogen) atoms. The number of esters is 1. The number of pyridine rings is 1. The lowest BCUT2D eigenvalue weighted by atomic mass is 9.59. The summed E-state index contributed by atoms with van der Waals surface area (Å²) in [7, 11) is 0. The van der Waals surface area contributed by atoms with Gasteiger partial charge in [0.1, 0.15) is 11.9 Å². The molecule has 1 aromatic rings. The highest BCUT2D eigenvalue weighted by Gasteiger charge is 2.61. The van der Waals surface area contributed by atoms with Crippen LogP contribution in [0.3, 0.4) is 0 Å². The molecule has 0 radical (unpaired) electrons. The van der Waals surface area contributed by atoms with Crippen molar-refractivity contribution in [1.29, 1.82) is 0 Å². The number of carbonyl (C=O) groups is 1. The molecule has 0 amide bonds. The first-order valence-corrected chi connectivity index (χ1v) is 10.3. The van der Waals surface area contributed by atoms with Crippen LogP contribution in [0.5, 0.6) is 0 Å². The number of piperidine rings is 1. The van der Waals surface area contributed by atoms with E-state index in [4.69, 9.17) is 21.1 Å². The molecule has 2 aliphatic heterocycles. The number of fused-ring (bicyclic) bond motifs is 1. The van der Waals surface area contributed by atoms with Gasteiger partial charge in [-0.15, -0.1) is 0 Å². The lowest BCUT2D eigenvalue weighted by molar-refractivity contribution is -0.213. The van der Waals surface area contributed by atoms with Crippen LogP contribution in [-0.2, 0) is 20.4 Å². The molecule has 1 aromatic heterocycles. The predicted molar refractivity (Wildman–Crippen MR) is 101 cm³/mol. The maximum absolute atomic E-state index is 12.8. The molecule has 1 saturated carbocycles. The molecular weight excluding hydrogens is 409 g/mol. The van der Waals surface area contributed by atoms with Gasteiger partial charge in [0.25, 0.3) is 0 Å². The molecule has 0 spiro atoms. The van der Waals surface area contributed by atoms with Crippen molar-refractivity contribution in [3.05, 3.63) is 22.8 Å². The summed E-state index contributed by atoms with van der Waals surface area (Å²) >= 11 is 6.04. The average Bonchev–Trinajstić information content (AvgIpc) is 3.12. The van der Waals surface area contributed by atoms with Gasteiger partial charge >= 0.3 is 12.1 Å². The van der Waals surface area contributed by atoms with Gasteiger partial charge in [0.2, 0.25) is 0 Å². The fourth-order valence-electron chi connectivity index (χ4n) is 4.88. The Morgan fingerprint density at radius 2 is 2.00 bits per heavy atom. The van der Waals surface area contributed by atoms with Gasteiger partial charge in [0.15, 0.2) is 0 Å². The van der Waals surface area contributed by atoms with Crippen molar-refractivity contribution in [2.45, 2.75) is 51.5 Å². The fraction of sp³-hybridized carbons (Fsp3) is 0.700. The third-order valence-corrected chi connectivity index (χ3v) is 6.79. The second-order valence-electron chi connectivity index (χ2n) is 8.71. The van der Waals surface area contributed by atoms with Crippen molar-refractivity contribution in [2.75, 3.05) is 24.6 Å². The van der Waals surface area contributed by atoms with Gasteiger partial charge in [-0.1, -0.05) is 25.4 Å². The van der Waals surface area contributed by atoms with E-state index in [-0.39, 0.29) is 40.5 Å². The van der Waals surface area contributed by atoms with E-state index in [1.54, 1.807) is 0 Å². The highest BCUT2D eigenvalue weighted by Crippen LogP contribution is 2.54. The minimum atomic E-state index is -4.48. The topological polar surface area (TPSA) is 51.7 Å². The Kier molecular flexibility index (Phi) is 5.22. The van der Waals surface area contributed by atoms with E-state index in [0.29, 0.717) is 38.4 Å². The van der Waals surface area contributed by atoms with Crippen LogP contribution in [0.15, 0.2) is 12.3 Å². The molecule has 3 aliphatic rings. The van der Waals surface area contributed by atoms with Crippen molar-refractivity contribution in [3.63, 3.8) is 0 Å². The molecule has 4 rings (SSSR count). The molecule has 2 saturated heterocycles. The Labute approximate surface area is 172 Å². The number of anilines is 1. The van der Waals surface area contributed by atoms with E-state index >= 15 is 0 Å². The average molecular weight is 433 g/mol. The van der Waals surface area contributed by atoms with Crippen LogP contribution < -0.4 is 4.90 Å². The molecule has 0 N–H and O–H groups in total. The minimum Gasteiger partial charge on any atom is -0.461 e. The number of alkyl halides is 3. The maximum Gasteiger partial charge on any atom is 0.417 e. The van der Waals surface area contributed by atoms with E-state index in [9.17, 15) is 18.0 Å². The van der Waals surface area contributed by atoms with Crippen LogP contribution in [-0.4, -0.2) is 42.9 Å². The van der Waals surface area contributed by atoms with Gasteiger partial charge in [-0.05, 0) is 25.3 Å². The van der Waals surface area contributed by atoms with Crippen LogP contribution in [0.1, 0.15) is 38.7 Å². The zero-order chi connectivity index (χ0) is 21.0. The minimum absolute atomic E-state index is 0.0376. The molecular formula is C20H24ClF3N2O3. The van der Waals surface area contributed by atoms with Gasteiger partial charge in [-0.25, -0.2) is 4.98 Å². The molecule has 1 aliphatic carbocycles. The normalized spacial score (nSPS) is 29.3. The number of ether oxygens (including phenoxy) is 2. The van der Waals surface area contributed by atoms with E-state index in [0.717, 1.165) is 18.7 Å². The molecule has 3 heterocycles. The van der Waals surface area contributed by atoms with Crippen LogP contribution in [0, 0.1) is 17.3 Å². The number of aromatic nitrogens is 1. The fourth-order valence-corrected chi connectivity index (χ4v) is 5.17. The summed E-state index contributed by atoms with van der Waals surface area (Å²) in [5, 5.41) is -0.0376. The van der Waals surface area contributed by atoms with Gasteiger partial charge in [0, 0.05) is 37.2 Å². The van der Waals surface area contributed by atoms with E-state index < -0.39 is 11.7 Å². The van der Waals surface area contributed by atoms with Gasteiger partial charge in [0.05, 0.1) is 22.6 Å². The summed E-state index contributed by atoms with van der Waals surface area (Å²) in [4.78, 5) is 18.4. The number of halogens is 4. The molecule has 3 atom stereocenters. The quantitative estimate of drug-likeness (QED) is 0.665. The maximum atomic E-state index is 12.8. The molecule has 9 heteroatoms. The number of hydrogen-bond acceptors (Lipinski definition) is 5. The second-order valence-corrected chi connectivity index (χ2v) is 9.12. The summed E-state index contributed by atoms with van der Waals surface area (Å²) in [6.45, 7) is 5.82. The van der Waals surface area contributed by atoms with Crippen molar-refractivity contribution >= 4 is 23.4 Å². The second kappa shape index (κ2) is 7.30. The highest BCUT2D eigenvalue weighted by molar-refractivity contribution is 6.33. The SMILES string of the molecule is CC1(C)C2OCCC2C1OC(=O)C1CCN(c2ncc(C(F)(F)F)cc2Cl)CC1. The predicted octanol–water partition coefficient (Wildman–Crippen LogP) is 4.33. The number of nitrogens with zero attached hydrogens (tertiary/aromatic N) is 2. The van der Waals surface area contributed by atoms with Crippen LogP contribution >= 0.6 is 11.6 Å². The van der Waals surface area contributed by atoms with Gasteiger partial charge in [-0.3, -0.25) is 4.79 Å². The summed E-state index contributed by atoms with van der Waals surface area (Å²) in [6, 6.07) is 0.892. The molecule has 3 unspecified atom stereocenters. The van der Waals surface area contributed by atoms with Crippen LogP contribution in [0.4, 0.5) is 19.0 Å². The number of carbonyl (C=O) groups excluding carboxylic acids is 1. The van der Waals surface area contributed by atoms with E-state index in [1.165, 1.54) is 0 Å². The van der Waals surface area contributed by atoms with Crippen molar-refractivity contribution in [3.8, 4) is 0 Å². The molecule has 0 bridgehead atoms. The Morgan fingerprint density at radius 3 is 2.62 bits per heavy atom. The lowest BCUT2D eigenvalue weighted by Crippen LogP contribution is -2.61. The zero-order valence-electron chi connectivity index (χ0n) is 16.3. The van der Waals surface area contributed by atoms with Crippen molar-refractivity contribution in [1.82, 2.24) is 4.98 Å². The first kappa shape index (κ1) is 20.7. The smallest absolute Gasteiger partial charge is 0.417 e.